The van der Waals surface area contributed by atoms with E-state index in [1.807, 2.05) is 0 Å². The Kier molecular flexibility index (Phi) is 9.05. The largest absolute Gasteiger partial charge is 0.502 e. The number of carbonyl (C=O) groups excluding carboxylic acids is 1. The Morgan fingerprint density at radius 2 is 1.79 bits per heavy atom. The number of hydrogen-bond donors (Lipinski definition) is 1. The highest BCUT2D eigenvalue weighted by Crippen LogP contribution is 2.37. The van der Waals surface area contributed by atoms with E-state index in [1.165, 1.54) is 20.6 Å². The van der Waals surface area contributed by atoms with Crippen molar-refractivity contribution in [2.45, 2.75) is 52.4 Å². The minimum absolute atomic E-state index is 0.0342. The van der Waals surface area contributed by atoms with Crippen LogP contribution < -0.4 is 9.47 Å². The van der Waals surface area contributed by atoms with Gasteiger partial charge < -0.3 is 19.3 Å². The van der Waals surface area contributed by atoms with E-state index in [4.69, 9.17) is 14.2 Å². The van der Waals surface area contributed by atoms with E-state index in [1.54, 1.807) is 12.1 Å². The standard InChI is InChI=1S/C19H30O5/c1-5-7-8-14(6-2)13-24-18(20)10-9-15-11-16(22-3)19(21)17(12-15)23-4/h11-12,14,21H,5-10,13H2,1-4H3. The van der Waals surface area contributed by atoms with Crippen LogP contribution in [0.25, 0.3) is 0 Å². The van der Waals surface area contributed by atoms with Crippen LogP contribution in [-0.4, -0.2) is 31.9 Å². The maximum absolute atomic E-state index is 12.0. The van der Waals surface area contributed by atoms with Gasteiger partial charge in [-0.3, -0.25) is 4.79 Å². The van der Waals surface area contributed by atoms with E-state index < -0.39 is 0 Å². The van der Waals surface area contributed by atoms with Gasteiger partial charge in [-0.1, -0.05) is 33.1 Å². The van der Waals surface area contributed by atoms with Gasteiger partial charge in [0, 0.05) is 6.42 Å². The molecule has 0 spiro atoms. The van der Waals surface area contributed by atoms with Gasteiger partial charge in [0.1, 0.15) is 0 Å². The molecule has 0 aromatic heterocycles. The van der Waals surface area contributed by atoms with Gasteiger partial charge in [-0.05, 0) is 36.5 Å². The molecule has 0 bridgehead atoms. The topological polar surface area (TPSA) is 65.0 Å². The van der Waals surface area contributed by atoms with Crippen LogP contribution in [0.4, 0.5) is 0 Å². The Hall–Kier alpha value is -1.91. The van der Waals surface area contributed by atoms with E-state index in [9.17, 15) is 9.90 Å². The number of aromatic hydroxyl groups is 1. The summed E-state index contributed by atoms with van der Waals surface area (Å²) >= 11 is 0. The zero-order valence-electron chi connectivity index (χ0n) is 15.3. The molecule has 136 valence electrons. The van der Waals surface area contributed by atoms with Crippen LogP contribution in [0.1, 0.15) is 51.5 Å². The van der Waals surface area contributed by atoms with Gasteiger partial charge in [-0.25, -0.2) is 0 Å². The smallest absolute Gasteiger partial charge is 0.306 e. The normalized spacial score (nSPS) is 11.8. The summed E-state index contributed by atoms with van der Waals surface area (Å²) < 4.78 is 15.6. The van der Waals surface area contributed by atoms with Gasteiger partial charge in [0.25, 0.3) is 0 Å². The highest BCUT2D eigenvalue weighted by Gasteiger charge is 2.14. The molecule has 0 saturated carbocycles. The summed E-state index contributed by atoms with van der Waals surface area (Å²) in [5, 5.41) is 9.89. The number of esters is 1. The number of rotatable bonds is 11. The predicted molar refractivity (Wildman–Crippen MR) is 93.8 cm³/mol. The Bertz CT molecular complexity index is 487. The van der Waals surface area contributed by atoms with Crippen LogP contribution in [0.2, 0.25) is 0 Å². The van der Waals surface area contributed by atoms with Crippen molar-refractivity contribution in [3.8, 4) is 17.2 Å². The van der Waals surface area contributed by atoms with Crippen molar-refractivity contribution < 1.29 is 24.1 Å². The number of phenols is 1. The third kappa shape index (κ3) is 6.30. The predicted octanol–water partition coefficient (Wildman–Crippen LogP) is 4.10. The number of benzene rings is 1. The molecule has 0 aliphatic carbocycles. The Balaban J connectivity index is 2.52. The number of phenolic OH excluding ortho intramolecular Hbond substituents is 1. The number of methoxy groups -OCH3 is 2. The molecule has 24 heavy (non-hydrogen) atoms. The molecule has 1 unspecified atom stereocenters. The SMILES string of the molecule is CCCCC(CC)COC(=O)CCc1cc(OC)c(O)c(OC)c1. The highest BCUT2D eigenvalue weighted by molar-refractivity contribution is 5.70. The molecule has 0 aliphatic heterocycles. The molecule has 1 aromatic carbocycles. The quantitative estimate of drug-likeness (QED) is 0.615. The molecule has 1 atom stereocenters. The van der Waals surface area contributed by atoms with Crippen LogP contribution >= 0.6 is 0 Å². The third-order valence-electron chi connectivity index (χ3n) is 4.18. The average molecular weight is 338 g/mol. The minimum Gasteiger partial charge on any atom is -0.502 e. The van der Waals surface area contributed by atoms with Gasteiger partial charge in [-0.2, -0.15) is 0 Å². The Morgan fingerprint density at radius 1 is 1.17 bits per heavy atom. The first-order valence-corrected chi connectivity index (χ1v) is 8.65. The molecule has 1 rings (SSSR count). The zero-order valence-corrected chi connectivity index (χ0v) is 15.3. The van der Waals surface area contributed by atoms with Crippen LogP contribution in [0.5, 0.6) is 17.2 Å². The van der Waals surface area contributed by atoms with Crippen molar-refractivity contribution in [1.29, 1.82) is 0 Å². The molecule has 5 nitrogen and oxygen atoms in total. The molecule has 0 amide bonds. The molecule has 0 aliphatic rings. The zero-order chi connectivity index (χ0) is 17.9. The number of hydrogen-bond acceptors (Lipinski definition) is 5. The minimum atomic E-state index is -0.198. The highest BCUT2D eigenvalue weighted by atomic mass is 16.5. The number of ether oxygens (including phenoxy) is 3. The summed E-state index contributed by atoms with van der Waals surface area (Å²) in [6.45, 7) is 4.79. The van der Waals surface area contributed by atoms with Gasteiger partial charge in [0.05, 0.1) is 20.8 Å². The second kappa shape index (κ2) is 10.8. The van der Waals surface area contributed by atoms with Crippen molar-refractivity contribution >= 4 is 5.97 Å². The average Bonchev–Trinajstić information content (AvgIpc) is 2.60. The lowest BCUT2D eigenvalue weighted by molar-refractivity contribution is -0.145. The summed E-state index contributed by atoms with van der Waals surface area (Å²) in [5.74, 6) is 0.887. The molecule has 5 heteroatoms. The second-order valence-electron chi connectivity index (χ2n) is 5.95. The summed E-state index contributed by atoms with van der Waals surface area (Å²) in [6.07, 6.45) is 5.27. The summed E-state index contributed by atoms with van der Waals surface area (Å²) in [5.41, 5.74) is 0.858. The molecular formula is C19H30O5. The molecular weight excluding hydrogens is 308 g/mol. The number of carbonyl (C=O) groups is 1. The van der Waals surface area contributed by atoms with Crippen LogP contribution in [-0.2, 0) is 16.0 Å². The van der Waals surface area contributed by atoms with Crippen LogP contribution in [0.15, 0.2) is 12.1 Å². The van der Waals surface area contributed by atoms with E-state index in [2.05, 4.69) is 13.8 Å². The first-order chi connectivity index (χ1) is 11.5. The number of aryl methyl sites for hydroxylation is 1. The van der Waals surface area contributed by atoms with E-state index >= 15 is 0 Å². The van der Waals surface area contributed by atoms with Gasteiger partial charge in [0.15, 0.2) is 11.5 Å². The lowest BCUT2D eigenvalue weighted by atomic mass is 10.0. The van der Waals surface area contributed by atoms with Crippen molar-refractivity contribution in [2.75, 3.05) is 20.8 Å². The fourth-order valence-corrected chi connectivity index (χ4v) is 2.52. The maximum atomic E-state index is 12.0. The second-order valence-corrected chi connectivity index (χ2v) is 5.95. The van der Waals surface area contributed by atoms with Gasteiger partial charge in [-0.15, -0.1) is 0 Å². The van der Waals surface area contributed by atoms with Crippen molar-refractivity contribution in [3.63, 3.8) is 0 Å². The fourth-order valence-electron chi connectivity index (χ4n) is 2.52. The lowest BCUT2D eigenvalue weighted by Gasteiger charge is -2.15. The molecule has 0 fully saturated rings. The van der Waals surface area contributed by atoms with Crippen molar-refractivity contribution in [2.24, 2.45) is 5.92 Å². The first kappa shape index (κ1) is 20.1. The van der Waals surface area contributed by atoms with Crippen LogP contribution in [0.3, 0.4) is 0 Å². The molecule has 1 N–H and O–H groups in total. The Labute approximate surface area is 144 Å². The summed E-state index contributed by atoms with van der Waals surface area (Å²) in [7, 11) is 2.96. The van der Waals surface area contributed by atoms with E-state index in [-0.39, 0.29) is 11.7 Å². The van der Waals surface area contributed by atoms with Crippen molar-refractivity contribution in [1.82, 2.24) is 0 Å². The molecule has 1 aromatic rings. The maximum Gasteiger partial charge on any atom is 0.306 e. The lowest BCUT2D eigenvalue weighted by Crippen LogP contribution is -2.14. The summed E-state index contributed by atoms with van der Waals surface area (Å²) in [4.78, 5) is 12.0. The van der Waals surface area contributed by atoms with Crippen molar-refractivity contribution in [3.05, 3.63) is 17.7 Å². The molecule has 0 heterocycles. The first-order valence-electron chi connectivity index (χ1n) is 8.65. The van der Waals surface area contributed by atoms with E-state index in [0.717, 1.165) is 24.8 Å². The Morgan fingerprint density at radius 3 is 2.29 bits per heavy atom. The molecule has 0 radical (unpaired) electrons. The van der Waals surface area contributed by atoms with Gasteiger partial charge >= 0.3 is 5.97 Å². The molecule has 0 saturated heterocycles. The van der Waals surface area contributed by atoms with E-state index in [0.29, 0.717) is 36.9 Å². The van der Waals surface area contributed by atoms with Gasteiger partial charge in [0.2, 0.25) is 5.75 Å². The fraction of sp³-hybridized carbons (Fsp3) is 0.632. The van der Waals surface area contributed by atoms with Crippen LogP contribution in [0, 0.1) is 5.92 Å². The third-order valence-corrected chi connectivity index (χ3v) is 4.18. The monoisotopic (exact) mass is 338 g/mol. The summed E-state index contributed by atoms with van der Waals surface area (Å²) in [6, 6.07) is 3.42. The number of unbranched alkanes of at least 4 members (excludes halogenated alkanes) is 1.